The Bertz CT molecular complexity index is 6670. The number of hydrogen-bond acceptors (Lipinski definition) is 0. The van der Waals surface area contributed by atoms with Crippen molar-refractivity contribution in [1.82, 2.24) is 0 Å². The molecule has 660 valence electrons. The van der Waals surface area contributed by atoms with Gasteiger partial charge in [0.05, 0.1) is 22.3 Å². The van der Waals surface area contributed by atoms with Gasteiger partial charge in [-0.1, -0.05) is 223 Å². The maximum atomic E-state index is 15.0. The van der Waals surface area contributed by atoms with Crippen LogP contribution in [0.15, 0.2) is 291 Å². The minimum absolute atomic E-state index is 0.00622. The molecule has 0 fully saturated rings. The highest BCUT2D eigenvalue weighted by molar-refractivity contribution is 5.80. The van der Waals surface area contributed by atoms with Crippen LogP contribution in [0.3, 0.4) is 0 Å². The Morgan fingerprint density at radius 1 is 0.138 bits per heavy atom. The highest BCUT2D eigenvalue weighted by Gasteiger charge is 2.25. The molecule has 16 rings (SSSR count). The first-order valence-electron chi connectivity index (χ1n) is 41.8. The van der Waals surface area contributed by atoms with Crippen molar-refractivity contribution in [3.8, 4) is 134 Å². The normalized spacial score (nSPS) is 11.1. The molecule has 0 unspecified atom stereocenters. The SMILES string of the molecule is CCCCCc1ccc(-c2ccc(-c3cc(F)c(-c4ccc(F)c(F)c4)c(F)c3)c(F)c2)cc1.CCCCc1ccc(-c2ccc(-c3cc(F)c(-c4ccc(F)c(F)c4)c(F)c3)c(F)c2)cc1.CCCc1ccc(-c2ccc(-c3cc(F)c(-c4ccc(F)c(F)c4)c(F)c3)c(F)c2)cc1.CCc1ccc(-c2ccc(-c3cc(F)c(-c4ccc(F)c(F)c4)c(F)c3)c(F)c2)cc1. The highest BCUT2D eigenvalue weighted by Crippen LogP contribution is 2.41. The first-order chi connectivity index (χ1) is 62.5. The smallest absolute Gasteiger partial charge is 0.159 e. The molecule has 0 nitrogen and oxygen atoms in total. The zero-order valence-corrected chi connectivity index (χ0v) is 70.3. The summed E-state index contributed by atoms with van der Waals surface area (Å²) in [4.78, 5) is 0. The molecule has 130 heavy (non-hydrogen) atoms. The van der Waals surface area contributed by atoms with Gasteiger partial charge < -0.3 is 0 Å². The third kappa shape index (κ3) is 22.3. The zero-order chi connectivity index (χ0) is 92.7. The van der Waals surface area contributed by atoms with Crippen molar-refractivity contribution in [3.05, 3.63) is 430 Å². The summed E-state index contributed by atoms with van der Waals surface area (Å²) >= 11 is 0. The van der Waals surface area contributed by atoms with Gasteiger partial charge in [0.2, 0.25) is 0 Å². The number of hydrogen-bond donors (Lipinski definition) is 0. The molecular weight excluding hydrogens is 1700 g/mol. The highest BCUT2D eigenvalue weighted by atomic mass is 19.2. The molecule has 0 bridgehead atoms. The Balaban J connectivity index is 0.000000148. The number of unbranched alkanes of at least 4 members (excludes halogenated alkanes) is 3. The maximum Gasteiger partial charge on any atom is 0.159 e. The molecule has 0 spiro atoms. The molecule has 20 heteroatoms. The van der Waals surface area contributed by atoms with E-state index in [4.69, 9.17) is 0 Å². The molecule has 0 heterocycles. The molecule has 0 aliphatic carbocycles. The van der Waals surface area contributed by atoms with E-state index in [2.05, 4.69) is 20.8 Å². The summed E-state index contributed by atoms with van der Waals surface area (Å²) in [5, 5.41) is 0. The van der Waals surface area contributed by atoms with E-state index in [-0.39, 0.29) is 66.8 Å². The van der Waals surface area contributed by atoms with Crippen LogP contribution in [0.1, 0.15) is 88.5 Å². The summed E-state index contributed by atoms with van der Waals surface area (Å²) in [5.74, 6) is -19.8. The quantitative estimate of drug-likeness (QED) is 0.0469. The van der Waals surface area contributed by atoms with E-state index in [0.29, 0.717) is 22.3 Å². The van der Waals surface area contributed by atoms with Crippen LogP contribution in [0, 0.1) is 116 Å². The van der Waals surface area contributed by atoms with E-state index in [9.17, 15) is 87.8 Å². The largest absolute Gasteiger partial charge is 0.206 e. The Morgan fingerprint density at radius 2 is 0.331 bits per heavy atom. The van der Waals surface area contributed by atoms with Crippen LogP contribution < -0.4 is 0 Å². The minimum Gasteiger partial charge on any atom is -0.206 e. The third-order valence-electron chi connectivity index (χ3n) is 22.1. The van der Waals surface area contributed by atoms with Gasteiger partial charge in [-0.3, -0.25) is 0 Å². The van der Waals surface area contributed by atoms with E-state index >= 15 is 0 Å². The van der Waals surface area contributed by atoms with Crippen LogP contribution in [0.25, 0.3) is 134 Å². The molecule has 0 aromatic heterocycles. The van der Waals surface area contributed by atoms with Crippen molar-refractivity contribution >= 4 is 0 Å². The van der Waals surface area contributed by atoms with E-state index in [1.54, 1.807) is 24.3 Å². The summed E-state index contributed by atoms with van der Waals surface area (Å²) < 4.78 is 284. The Morgan fingerprint density at radius 3 is 0.538 bits per heavy atom. The van der Waals surface area contributed by atoms with Crippen LogP contribution in [0.4, 0.5) is 87.8 Å². The van der Waals surface area contributed by atoms with Crippen LogP contribution in [-0.2, 0) is 25.7 Å². The molecule has 0 atom stereocenters. The fourth-order valence-electron chi connectivity index (χ4n) is 15.1. The lowest BCUT2D eigenvalue weighted by atomic mass is 9.96. The molecule has 0 saturated heterocycles. The summed E-state index contributed by atoms with van der Waals surface area (Å²) in [6.45, 7) is 8.43. The first-order valence-corrected chi connectivity index (χ1v) is 41.8. The lowest BCUT2D eigenvalue weighted by Gasteiger charge is -2.11. The second-order valence-corrected chi connectivity index (χ2v) is 31.0. The predicted octanol–water partition coefficient (Wildman–Crippen LogP) is 34.1. The van der Waals surface area contributed by atoms with Gasteiger partial charge in [-0.05, 0) is 271 Å². The van der Waals surface area contributed by atoms with Crippen LogP contribution >= 0.6 is 0 Å². The van der Waals surface area contributed by atoms with Crippen LogP contribution in [0.5, 0.6) is 0 Å². The molecule has 0 saturated carbocycles. The van der Waals surface area contributed by atoms with Crippen molar-refractivity contribution in [1.29, 1.82) is 0 Å². The minimum atomic E-state index is -1.21. The zero-order valence-electron chi connectivity index (χ0n) is 70.3. The first kappa shape index (κ1) is 93.8. The third-order valence-corrected chi connectivity index (χ3v) is 22.1. The van der Waals surface area contributed by atoms with Gasteiger partial charge in [-0.15, -0.1) is 0 Å². The van der Waals surface area contributed by atoms with Gasteiger partial charge in [0.15, 0.2) is 46.5 Å². The van der Waals surface area contributed by atoms with E-state index in [1.165, 1.54) is 71.6 Å². The molecule has 16 aromatic rings. The monoisotopic (exact) mass is 1780 g/mol. The Hall–Kier alpha value is -13.9. The molecule has 0 amide bonds. The lowest BCUT2D eigenvalue weighted by molar-refractivity contribution is 0.508. The topological polar surface area (TPSA) is 0 Å². The molecule has 0 N–H and O–H groups in total. The maximum absolute atomic E-state index is 15.0. The van der Waals surface area contributed by atoms with Crippen molar-refractivity contribution in [2.24, 2.45) is 0 Å². The van der Waals surface area contributed by atoms with E-state index in [1.807, 2.05) is 104 Å². The van der Waals surface area contributed by atoms with Crippen molar-refractivity contribution < 1.29 is 87.8 Å². The number of aryl methyl sites for hydroxylation is 4. The second-order valence-electron chi connectivity index (χ2n) is 31.0. The predicted molar refractivity (Wildman–Crippen MR) is 475 cm³/mol. The fourth-order valence-corrected chi connectivity index (χ4v) is 15.1. The van der Waals surface area contributed by atoms with Gasteiger partial charge >= 0.3 is 0 Å². The molecule has 0 radical (unpaired) electrons. The standard InChI is InChI=1S/C29H23F5.C28H21F5.C27H19F5.C26H17F5/c1-2-3-4-5-18-6-8-19(9-7-18)20-10-12-23(25(31)14-20)22-16-27(33)29(28(34)17-22)21-11-13-24(30)26(32)15-21;1-2-3-4-17-5-7-18(8-6-17)19-9-11-22(24(30)13-19)21-15-26(32)28(27(33)16-21)20-10-12-23(29)25(31)14-20;1-2-3-16-4-6-17(7-5-16)18-8-10-21(23(29)12-18)20-14-25(31)27(26(32)15-20)19-9-11-22(28)24(30)13-19;1-2-15-3-5-16(6-4-15)17-7-9-20(22(28)11-17)19-13-24(30)26(25(31)14-19)18-8-10-21(27)23(29)12-18/h6-17H,2-5H2,1H3;5-16H,2-4H2,1H3;4-15H,2-3H2,1H3;3-14H,2H2,1H3. The molecule has 0 aliphatic heterocycles. The van der Waals surface area contributed by atoms with Gasteiger partial charge in [0.25, 0.3) is 0 Å². The van der Waals surface area contributed by atoms with Gasteiger partial charge in [-0.2, -0.15) is 0 Å². The summed E-state index contributed by atoms with van der Waals surface area (Å²) in [5.41, 5.74) is 8.31. The molecule has 16 aromatic carbocycles. The van der Waals surface area contributed by atoms with Crippen molar-refractivity contribution in [3.63, 3.8) is 0 Å². The summed E-state index contributed by atoms with van der Waals surface area (Å²) in [6.07, 6.45) is 10.5. The number of rotatable bonds is 22. The van der Waals surface area contributed by atoms with Gasteiger partial charge in [-0.25, -0.2) is 87.8 Å². The van der Waals surface area contributed by atoms with Crippen LogP contribution in [0.2, 0.25) is 0 Å². The Kier molecular flexibility index (Phi) is 30.6. The lowest BCUT2D eigenvalue weighted by Crippen LogP contribution is -1.95. The fraction of sp³-hybridized carbons (Fsp3) is 0.127. The average Bonchev–Trinajstić information content (AvgIpc) is 0.792. The second kappa shape index (κ2) is 42.4. The number of benzene rings is 16. The molecular formula is C110H80F20. The van der Waals surface area contributed by atoms with E-state index in [0.717, 1.165) is 207 Å². The van der Waals surface area contributed by atoms with E-state index < -0.39 is 139 Å². The number of halogens is 20. The average molecular weight is 1780 g/mol. The van der Waals surface area contributed by atoms with Gasteiger partial charge in [0.1, 0.15) is 69.8 Å². The van der Waals surface area contributed by atoms with Crippen LogP contribution in [-0.4, -0.2) is 0 Å². The molecule has 0 aliphatic rings. The van der Waals surface area contributed by atoms with Crippen molar-refractivity contribution in [2.45, 2.75) is 91.9 Å². The Labute approximate surface area is 739 Å². The summed E-state index contributed by atoms with van der Waals surface area (Å²) in [7, 11) is 0. The van der Waals surface area contributed by atoms with Gasteiger partial charge in [0, 0.05) is 22.3 Å². The summed E-state index contributed by atoms with van der Waals surface area (Å²) in [6, 6.07) is 67.5. The van der Waals surface area contributed by atoms with Crippen molar-refractivity contribution in [2.75, 3.05) is 0 Å².